The minimum absolute atomic E-state index is 0.114. The van der Waals surface area contributed by atoms with E-state index in [1.807, 2.05) is 30.8 Å². The highest BCUT2D eigenvalue weighted by atomic mass is 32.2. The van der Waals surface area contributed by atoms with Crippen molar-refractivity contribution in [3.8, 4) is 0 Å². The van der Waals surface area contributed by atoms with Crippen molar-refractivity contribution < 1.29 is 14.3 Å². The maximum atomic E-state index is 14.0. The fraction of sp³-hybridized carbons (Fsp3) is 0.250. The molecule has 3 nitrogen and oxygen atoms in total. The van der Waals surface area contributed by atoms with E-state index in [0.29, 0.717) is 0 Å². The maximum Gasteiger partial charge on any atom is 0.323 e. The smallest absolute Gasteiger partial charge is 0.323 e. The predicted molar refractivity (Wildman–Crippen MR) is 97.9 cm³/mol. The zero-order chi connectivity index (χ0) is 17.6. The van der Waals surface area contributed by atoms with Crippen LogP contribution in [0.15, 0.2) is 47.4 Å². The Labute approximate surface area is 149 Å². The van der Waals surface area contributed by atoms with Gasteiger partial charge in [0.1, 0.15) is 12.4 Å². The van der Waals surface area contributed by atoms with Crippen molar-refractivity contribution >= 4 is 28.6 Å². The molecule has 5 heteroatoms. The molecule has 25 heavy (non-hydrogen) atoms. The van der Waals surface area contributed by atoms with Gasteiger partial charge in [-0.25, -0.2) is 4.39 Å². The fourth-order valence-electron chi connectivity index (χ4n) is 3.90. The third kappa shape index (κ3) is 2.72. The van der Waals surface area contributed by atoms with Crippen molar-refractivity contribution in [2.45, 2.75) is 30.7 Å². The first-order valence-corrected chi connectivity index (χ1v) is 9.26. The summed E-state index contributed by atoms with van der Waals surface area (Å²) in [7, 11) is 0. The highest BCUT2D eigenvalue weighted by molar-refractivity contribution is 7.99. The summed E-state index contributed by atoms with van der Waals surface area (Å²) in [5.74, 6) is -0.0193. The predicted octanol–water partition coefficient (Wildman–Crippen LogP) is 4.80. The molecule has 2 heterocycles. The van der Waals surface area contributed by atoms with E-state index in [2.05, 4.69) is 12.1 Å². The number of hydrogen-bond donors (Lipinski definition) is 1. The Morgan fingerprint density at radius 2 is 2.12 bits per heavy atom. The normalized spacial score (nSPS) is 16.8. The minimum atomic E-state index is -0.893. The van der Waals surface area contributed by atoms with E-state index in [-0.39, 0.29) is 18.3 Å². The minimum Gasteiger partial charge on any atom is -0.480 e. The van der Waals surface area contributed by atoms with Crippen molar-refractivity contribution in [3.05, 3.63) is 65.1 Å². The van der Waals surface area contributed by atoms with Gasteiger partial charge in [0.15, 0.2) is 0 Å². The van der Waals surface area contributed by atoms with Crippen LogP contribution in [0.5, 0.6) is 0 Å². The van der Waals surface area contributed by atoms with Crippen LogP contribution in [0.3, 0.4) is 0 Å². The van der Waals surface area contributed by atoms with Crippen molar-refractivity contribution in [2.75, 3.05) is 5.75 Å². The third-order valence-electron chi connectivity index (χ3n) is 4.93. The summed E-state index contributed by atoms with van der Waals surface area (Å²) in [6, 6.07) is 12.9. The van der Waals surface area contributed by atoms with Crippen LogP contribution in [-0.4, -0.2) is 21.4 Å². The summed E-state index contributed by atoms with van der Waals surface area (Å²) < 4.78 is 15.7. The summed E-state index contributed by atoms with van der Waals surface area (Å²) in [6.07, 6.45) is 0.964. The quantitative estimate of drug-likeness (QED) is 0.734. The van der Waals surface area contributed by atoms with E-state index in [1.165, 1.54) is 16.5 Å². The van der Waals surface area contributed by atoms with E-state index < -0.39 is 5.97 Å². The highest BCUT2D eigenvalue weighted by Gasteiger charge is 2.28. The van der Waals surface area contributed by atoms with Gasteiger partial charge in [-0.15, -0.1) is 11.8 Å². The number of hydrogen-bond acceptors (Lipinski definition) is 2. The van der Waals surface area contributed by atoms with Gasteiger partial charge in [-0.1, -0.05) is 18.2 Å². The monoisotopic (exact) mass is 355 g/mol. The Hall–Kier alpha value is -2.27. The van der Waals surface area contributed by atoms with Gasteiger partial charge in [-0.05, 0) is 54.5 Å². The molecule has 0 saturated heterocycles. The lowest BCUT2D eigenvalue weighted by molar-refractivity contribution is -0.137. The second kappa shape index (κ2) is 6.23. The first-order valence-electron chi connectivity index (χ1n) is 8.28. The average molecular weight is 355 g/mol. The molecule has 1 unspecified atom stereocenters. The molecule has 0 bridgehead atoms. The van der Waals surface area contributed by atoms with Gasteiger partial charge >= 0.3 is 5.97 Å². The second-order valence-electron chi connectivity index (χ2n) is 6.37. The third-order valence-corrected chi connectivity index (χ3v) is 6.06. The van der Waals surface area contributed by atoms with E-state index in [4.69, 9.17) is 0 Å². The number of carboxylic acids is 1. The molecule has 1 N–H and O–H groups in total. The summed E-state index contributed by atoms with van der Waals surface area (Å²) in [5.41, 5.74) is 4.01. The molecule has 1 aliphatic rings. The van der Waals surface area contributed by atoms with Gasteiger partial charge < -0.3 is 9.67 Å². The number of nitrogens with zero attached hydrogens (tertiary/aromatic N) is 1. The molecule has 1 aliphatic heterocycles. The lowest BCUT2D eigenvalue weighted by Gasteiger charge is -2.26. The Bertz CT molecular complexity index is 979. The van der Waals surface area contributed by atoms with Gasteiger partial charge in [0.05, 0.1) is 0 Å². The van der Waals surface area contributed by atoms with E-state index >= 15 is 0 Å². The van der Waals surface area contributed by atoms with Gasteiger partial charge in [0.25, 0.3) is 0 Å². The number of benzene rings is 2. The molecule has 0 aliphatic carbocycles. The van der Waals surface area contributed by atoms with Crippen molar-refractivity contribution in [1.29, 1.82) is 0 Å². The second-order valence-corrected chi connectivity index (χ2v) is 7.50. The lowest BCUT2D eigenvalue weighted by Crippen LogP contribution is -2.13. The van der Waals surface area contributed by atoms with Crippen LogP contribution in [0.1, 0.15) is 29.2 Å². The van der Waals surface area contributed by atoms with Crippen LogP contribution < -0.4 is 0 Å². The number of fused-ring (bicyclic) bond motifs is 2. The highest BCUT2D eigenvalue weighted by Crippen LogP contribution is 2.45. The zero-order valence-corrected chi connectivity index (χ0v) is 14.6. The van der Waals surface area contributed by atoms with Gasteiger partial charge in [-0.2, -0.15) is 0 Å². The lowest BCUT2D eigenvalue weighted by atomic mass is 9.87. The van der Waals surface area contributed by atoms with E-state index in [1.54, 1.807) is 16.7 Å². The number of halogens is 1. The van der Waals surface area contributed by atoms with Crippen LogP contribution in [0, 0.1) is 12.7 Å². The number of carbonyl (C=O) groups is 1. The first kappa shape index (κ1) is 16.2. The summed E-state index contributed by atoms with van der Waals surface area (Å²) in [5, 5.41) is 10.1. The SMILES string of the molecule is Cc1c(C2CCSc3ccccc32)c2cc(F)ccc2n1CC(=O)O. The van der Waals surface area contributed by atoms with Crippen molar-refractivity contribution in [3.63, 3.8) is 0 Å². The van der Waals surface area contributed by atoms with Crippen LogP contribution >= 0.6 is 11.8 Å². The molecule has 0 amide bonds. The molecule has 0 spiro atoms. The Morgan fingerprint density at radius 1 is 1.32 bits per heavy atom. The molecule has 0 fully saturated rings. The zero-order valence-electron chi connectivity index (χ0n) is 13.8. The van der Waals surface area contributed by atoms with Crippen LogP contribution in [0.4, 0.5) is 4.39 Å². The van der Waals surface area contributed by atoms with Crippen LogP contribution in [0.2, 0.25) is 0 Å². The number of rotatable bonds is 3. The average Bonchev–Trinajstić information content (AvgIpc) is 2.85. The molecular weight excluding hydrogens is 337 g/mol. The molecule has 2 aromatic carbocycles. The van der Waals surface area contributed by atoms with Crippen molar-refractivity contribution in [2.24, 2.45) is 0 Å². The van der Waals surface area contributed by atoms with Gasteiger partial charge in [-0.3, -0.25) is 4.79 Å². The van der Waals surface area contributed by atoms with E-state index in [9.17, 15) is 14.3 Å². The van der Waals surface area contributed by atoms with Crippen LogP contribution in [0.25, 0.3) is 10.9 Å². The topological polar surface area (TPSA) is 42.2 Å². The first-order chi connectivity index (χ1) is 12.1. The molecule has 1 atom stereocenters. The standard InChI is InChI=1S/C20H18FNO2S/c1-12-20(15-8-9-25-18-5-3-2-4-14(15)18)16-10-13(21)6-7-17(16)22(12)11-19(23)24/h2-7,10,15H,8-9,11H2,1H3,(H,23,24). The number of carboxylic acid groups (broad SMARTS) is 1. The number of aromatic nitrogens is 1. The molecule has 0 saturated carbocycles. The Morgan fingerprint density at radius 3 is 2.92 bits per heavy atom. The number of thioether (sulfide) groups is 1. The molecule has 1 aromatic heterocycles. The summed E-state index contributed by atoms with van der Waals surface area (Å²) in [6.45, 7) is 1.83. The van der Waals surface area contributed by atoms with Crippen LogP contribution in [-0.2, 0) is 11.3 Å². The Kier molecular flexibility index (Phi) is 4.04. The fourth-order valence-corrected chi connectivity index (χ4v) is 5.03. The summed E-state index contributed by atoms with van der Waals surface area (Å²) in [4.78, 5) is 12.6. The number of aliphatic carboxylic acids is 1. The molecule has 3 aromatic rings. The Balaban J connectivity index is 1.98. The molecule has 4 rings (SSSR count). The van der Waals surface area contributed by atoms with Gasteiger partial charge in [0.2, 0.25) is 0 Å². The van der Waals surface area contributed by atoms with Gasteiger partial charge in [0, 0.05) is 27.4 Å². The summed E-state index contributed by atoms with van der Waals surface area (Å²) >= 11 is 1.84. The largest absolute Gasteiger partial charge is 0.480 e. The van der Waals surface area contributed by atoms with Crippen molar-refractivity contribution in [1.82, 2.24) is 4.57 Å². The molecule has 0 radical (unpaired) electrons. The van der Waals surface area contributed by atoms with E-state index in [0.717, 1.165) is 34.3 Å². The molecular formula is C20H18FNO2S. The maximum absolute atomic E-state index is 14.0. The molecule has 128 valence electrons.